The van der Waals surface area contributed by atoms with E-state index in [1.54, 1.807) is 23.6 Å². The molecule has 2 aromatic carbocycles. The van der Waals surface area contributed by atoms with Crippen LogP contribution in [0.15, 0.2) is 48.7 Å². The summed E-state index contributed by atoms with van der Waals surface area (Å²) in [6.07, 6.45) is 1.55. The SMILES string of the molecule is O=C(O)c1ccnc2ccc3sc4ccccc4c3c12. The van der Waals surface area contributed by atoms with E-state index in [-0.39, 0.29) is 0 Å². The molecule has 0 spiro atoms. The second-order valence-electron chi connectivity index (χ2n) is 4.59. The Morgan fingerprint density at radius 3 is 2.70 bits per heavy atom. The van der Waals surface area contributed by atoms with Gasteiger partial charge in [0.05, 0.1) is 11.1 Å². The molecule has 0 unspecified atom stereocenters. The number of pyridine rings is 1. The van der Waals surface area contributed by atoms with Gasteiger partial charge < -0.3 is 5.11 Å². The van der Waals surface area contributed by atoms with Crippen molar-refractivity contribution in [1.29, 1.82) is 0 Å². The number of rotatable bonds is 1. The largest absolute Gasteiger partial charge is 0.478 e. The van der Waals surface area contributed by atoms with Gasteiger partial charge in [-0.05, 0) is 24.3 Å². The minimum atomic E-state index is -0.916. The summed E-state index contributed by atoms with van der Waals surface area (Å²) in [6.45, 7) is 0. The summed E-state index contributed by atoms with van der Waals surface area (Å²) >= 11 is 1.68. The summed E-state index contributed by atoms with van der Waals surface area (Å²) in [5.74, 6) is -0.916. The molecule has 96 valence electrons. The van der Waals surface area contributed by atoms with Crippen LogP contribution in [0.5, 0.6) is 0 Å². The fourth-order valence-electron chi connectivity index (χ4n) is 2.64. The Labute approximate surface area is 118 Å². The minimum Gasteiger partial charge on any atom is -0.478 e. The summed E-state index contributed by atoms with van der Waals surface area (Å²) in [6, 6.07) is 13.5. The van der Waals surface area contributed by atoms with Gasteiger partial charge in [-0.15, -0.1) is 11.3 Å². The molecule has 0 radical (unpaired) electrons. The number of aromatic nitrogens is 1. The van der Waals surface area contributed by atoms with Crippen LogP contribution in [-0.4, -0.2) is 16.1 Å². The molecule has 3 nitrogen and oxygen atoms in total. The van der Waals surface area contributed by atoms with Gasteiger partial charge in [0.25, 0.3) is 0 Å². The van der Waals surface area contributed by atoms with Gasteiger partial charge in [0.2, 0.25) is 0 Å². The molecule has 20 heavy (non-hydrogen) atoms. The number of hydrogen-bond donors (Lipinski definition) is 1. The number of thiophene rings is 1. The van der Waals surface area contributed by atoms with Crippen molar-refractivity contribution < 1.29 is 9.90 Å². The number of hydrogen-bond acceptors (Lipinski definition) is 3. The smallest absolute Gasteiger partial charge is 0.336 e. The van der Waals surface area contributed by atoms with Crippen molar-refractivity contribution in [3.8, 4) is 0 Å². The highest BCUT2D eigenvalue weighted by Gasteiger charge is 2.15. The van der Waals surface area contributed by atoms with E-state index in [1.165, 1.54) is 0 Å². The van der Waals surface area contributed by atoms with E-state index in [0.717, 1.165) is 31.1 Å². The zero-order valence-corrected chi connectivity index (χ0v) is 11.1. The van der Waals surface area contributed by atoms with Crippen molar-refractivity contribution in [3.05, 3.63) is 54.2 Å². The van der Waals surface area contributed by atoms with E-state index in [1.807, 2.05) is 30.3 Å². The first-order valence-electron chi connectivity index (χ1n) is 6.18. The van der Waals surface area contributed by atoms with E-state index in [2.05, 4.69) is 11.1 Å². The first-order chi connectivity index (χ1) is 9.75. The van der Waals surface area contributed by atoms with Gasteiger partial charge in [-0.1, -0.05) is 18.2 Å². The van der Waals surface area contributed by atoms with Crippen molar-refractivity contribution in [2.24, 2.45) is 0 Å². The Hall–Kier alpha value is -2.46. The van der Waals surface area contributed by atoms with Crippen molar-refractivity contribution in [2.75, 3.05) is 0 Å². The standard InChI is InChI=1S/C16H9NO2S/c18-16(19)10-7-8-17-11-5-6-13-15(14(10)11)9-3-1-2-4-12(9)20-13/h1-8H,(H,18,19). The lowest BCUT2D eigenvalue weighted by atomic mass is 10.0. The summed E-state index contributed by atoms with van der Waals surface area (Å²) in [5.41, 5.74) is 1.03. The molecule has 0 aliphatic carbocycles. The number of carboxylic acids is 1. The maximum Gasteiger partial charge on any atom is 0.336 e. The van der Waals surface area contributed by atoms with E-state index in [9.17, 15) is 9.90 Å². The van der Waals surface area contributed by atoms with Crippen LogP contribution in [0.2, 0.25) is 0 Å². The predicted molar refractivity (Wildman–Crippen MR) is 81.6 cm³/mol. The van der Waals surface area contributed by atoms with Crippen LogP contribution in [0, 0.1) is 0 Å². The average molecular weight is 279 g/mol. The van der Waals surface area contributed by atoms with Gasteiger partial charge in [0.15, 0.2) is 0 Å². The maximum absolute atomic E-state index is 11.5. The van der Waals surface area contributed by atoms with Crippen LogP contribution >= 0.6 is 11.3 Å². The van der Waals surface area contributed by atoms with E-state index < -0.39 is 5.97 Å². The van der Waals surface area contributed by atoms with Crippen molar-refractivity contribution in [2.45, 2.75) is 0 Å². The highest BCUT2D eigenvalue weighted by Crippen LogP contribution is 2.38. The molecule has 4 rings (SSSR count). The van der Waals surface area contributed by atoms with Gasteiger partial charge in [0, 0.05) is 31.8 Å². The van der Waals surface area contributed by atoms with E-state index in [4.69, 9.17) is 0 Å². The zero-order valence-electron chi connectivity index (χ0n) is 10.3. The lowest BCUT2D eigenvalue weighted by Crippen LogP contribution is -1.98. The van der Waals surface area contributed by atoms with Gasteiger partial charge in [-0.3, -0.25) is 4.98 Å². The van der Waals surface area contributed by atoms with Gasteiger partial charge in [-0.2, -0.15) is 0 Å². The molecule has 0 saturated carbocycles. The number of carbonyl (C=O) groups is 1. The van der Waals surface area contributed by atoms with Crippen LogP contribution in [0.4, 0.5) is 0 Å². The monoisotopic (exact) mass is 279 g/mol. The fourth-order valence-corrected chi connectivity index (χ4v) is 3.75. The highest BCUT2D eigenvalue weighted by molar-refractivity contribution is 7.26. The van der Waals surface area contributed by atoms with Crippen LogP contribution in [0.3, 0.4) is 0 Å². The van der Waals surface area contributed by atoms with E-state index >= 15 is 0 Å². The van der Waals surface area contributed by atoms with Crippen LogP contribution in [-0.2, 0) is 0 Å². The Morgan fingerprint density at radius 1 is 1.00 bits per heavy atom. The Kier molecular flexibility index (Phi) is 2.28. The van der Waals surface area contributed by atoms with Crippen LogP contribution in [0.1, 0.15) is 10.4 Å². The van der Waals surface area contributed by atoms with Crippen molar-refractivity contribution in [3.63, 3.8) is 0 Å². The molecule has 0 fully saturated rings. The topological polar surface area (TPSA) is 50.2 Å². The lowest BCUT2D eigenvalue weighted by Gasteiger charge is -2.04. The molecular formula is C16H9NO2S. The molecule has 0 aliphatic rings. The summed E-state index contributed by atoms with van der Waals surface area (Å²) < 4.78 is 2.25. The summed E-state index contributed by atoms with van der Waals surface area (Å²) in [5, 5.41) is 12.2. The molecular weight excluding hydrogens is 270 g/mol. The number of aromatic carboxylic acids is 1. The maximum atomic E-state index is 11.5. The molecule has 4 heteroatoms. The fraction of sp³-hybridized carbons (Fsp3) is 0. The number of fused-ring (bicyclic) bond motifs is 5. The lowest BCUT2D eigenvalue weighted by molar-refractivity contribution is 0.0699. The molecule has 0 bridgehead atoms. The highest BCUT2D eigenvalue weighted by atomic mass is 32.1. The molecule has 2 aromatic heterocycles. The molecule has 0 atom stereocenters. The van der Waals surface area contributed by atoms with Gasteiger partial charge in [0.1, 0.15) is 0 Å². The Morgan fingerprint density at radius 2 is 1.85 bits per heavy atom. The second kappa shape index (κ2) is 4.02. The minimum absolute atomic E-state index is 0.309. The normalized spacial score (nSPS) is 11.4. The predicted octanol–water partition coefficient (Wildman–Crippen LogP) is 4.30. The molecule has 0 saturated heterocycles. The van der Waals surface area contributed by atoms with Crippen molar-refractivity contribution in [1.82, 2.24) is 4.98 Å². The molecule has 0 amide bonds. The Bertz CT molecular complexity index is 988. The number of benzene rings is 2. The van der Waals surface area contributed by atoms with Crippen molar-refractivity contribution >= 4 is 48.4 Å². The average Bonchev–Trinajstić information content (AvgIpc) is 2.85. The molecule has 0 aliphatic heterocycles. The van der Waals surface area contributed by atoms with Crippen LogP contribution in [0.25, 0.3) is 31.1 Å². The third-order valence-electron chi connectivity index (χ3n) is 3.48. The second-order valence-corrected chi connectivity index (χ2v) is 5.68. The number of carboxylic acid groups (broad SMARTS) is 1. The summed E-state index contributed by atoms with van der Waals surface area (Å²) in [4.78, 5) is 15.8. The van der Waals surface area contributed by atoms with Crippen LogP contribution < -0.4 is 0 Å². The third-order valence-corrected chi connectivity index (χ3v) is 4.61. The molecule has 4 aromatic rings. The quantitative estimate of drug-likeness (QED) is 0.565. The summed E-state index contributed by atoms with van der Waals surface area (Å²) in [7, 11) is 0. The zero-order chi connectivity index (χ0) is 13.7. The van der Waals surface area contributed by atoms with Gasteiger partial charge in [-0.25, -0.2) is 4.79 Å². The first-order valence-corrected chi connectivity index (χ1v) is 6.99. The molecule has 2 heterocycles. The third kappa shape index (κ3) is 1.45. The first kappa shape index (κ1) is 11.4. The van der Waals surface area contributed by atoms with E-state index in [0.29, 0.717) is 5.56 Å². The Balaban J connectivity index is 2.36. The number of nitrogens with zero attached hydrogens (tertiary/aromatic N) is 1. The molecule has 1 N–H and O–H groups in total. The van der Waals surface area contributed by atoms with Gasteiger partial charge >= 0.3 is 5.97 Å².